The number of halogens is 1. The fraction of sp³-hybridized carbons (Fsp3) is 0.417. The Morgan fingerprint density at radius 1 is 0.956 bits per heavy atom. The van der Waals surface area contributed by atoms with E-state index in [9.17, 15) is 24.6 Å². The van der Waals surface area contributed by atoms with Crippen molar-refractivity contribution in [2.75, 3.05) is 11.1 Å². The molecule has 1 unspecified atom stereocenters. The summed E-state index contributed by atoms with van der Waals surface area (Å²) in [6.45, 7) is 0. The number of hydrogen-bond acceptors (Lipinski definition) is 7. The number of aliphatic hydroxyl groups excluding tert-OH is 1. The Labute approximate surface area is 274 Å². The molecule has 3 aromatic rings. The molecule has 1 aliphatic carbocycles. The number of amides is 1. The molecule has 0 bridgehead atoms. The second kappa shape index (κ2) is 18.1. The van der Waals surface area contributed by atoms with E-state index in [1.165, 1.54) is 0 Å². The first-order chi connectivity index (χ1) is 21.8. The summed E-state index contributed by atoms with van der Waals surface area (Å²) in [5.41, 5.74) is 2.25. The number of aliphatic hydroxyl groups is 2. The zero-order valence-electron chi connectivity index (χ0n) is 25.4. The number of aryl methyl sites for hydroxylation is 1. The molecule has 3 N–H and O–H groups in total. The van der Waals surface area contributed by atoms with Crippen LogP contribution in [0.2, 0.25) is 5.02 Å². The molecule has 3 atom stereocenters. The van der Waals surface area contributed by atoms with Crippen molar-refractivity contribution in [1.29, 1.82) is 0 Å². The van der Waals surface area contributed by atoms with Crippen molar-refractivity contribution in [2.45, 2.75) is 75.7 Å². The Morgan fingerprint density at radius 2 is 1.71 bits per heavy atom. The number of Topliss-reactive ketones (excluding diaryl/α,β-unsaturated/α-hetero) is 1. The average molecular weight is 652 g/mol. The van der Waals surface area contributed by atoms with Gasteiger partial charge in [0.2, 0.25) is 0 Å². The SMILES string of the molecule is O=C(CCCCCC[C@H]1C(=O)CC[C@@H]1SCC(CCc1cccc(Cl)c1)C(O)O)Oc1ccc(NC(=O)c2ccccc2)cc1. The Hall–Kier alpha value is -3.17. The minimum Gasteiger partial charge on any atom is -0.427 e. The third-order valence-electron chi connectivity index (χ3n) is 8.20. The Bertz CT molecular complexity index is 1380. The monoisotopic (exact) mass is 651 g/mol. The maximum atomic E-state index is 12.6. The number of benzene rings is 3. The number of carbonyl (C=O) groups is 3. The molecule has 0 heterocycles. The van der Waals surface area contributed by atoms with Gasteiger partial charge in [-0.05, 0) is 86.2 Å². The van der Waals surface area contributed by atoms with E-state index < -0.39 is 6.29 Å². The summed E-state index contributed by atoms with van der Waals surface area (Å²) in [5, 5.41) is 23.6. The lowest BCUT2D eigenvalue weighted by Crippen LogP contribution is -2.25. The van der Waals surface area contributed by atoms with Crippen molar-refractivity contribution in [2.24, 2.45) is 11.8 Å². The molecule has 3 aromatic carbocycles. The second-order valence-corrected chi connectivity index (χ2v) is 13.3. The van der Waals surface area contributed by atoms with E-state index in [4.69, 9.17) is 16.3 Å². The van der Waals surface area contributed by atoms with E-state index in [1.54, 1.807) is 60.3 Å². The summed E-state index contributed by atoms with van der Waals surface area (Å²) in [5.74, 6) is 0.564. The van der Waals surface area contributed by atoms with Crippen molar-refractivity contribution >= 4 is 46.7 Å². The first-order valence-corrected chi connectivity index (χ1v) is 17.1. The number of unbranched alkanes of at least 4 members (excludes halogenated alkanes) is 3. The van der Waals surface area contributed by atoms with Crippen LogP contribution in [0.4, 0.5) is 5.69 Å². The first-order valence-electron chi connectivity index (χ1n) is 15.7. The van der Waals surface area contributed by atoms with Gasteiger partial charge in [-0.1, -0.05) is 61.2 Å². The molecule has 0 spiro atoms. The number of esters is 1. The number of rotatable bonds is 17. The van der Waals surface area contributed by atoms with Gasteiger partial charge in [0.1, 0.15) is 11.5 Å². The Morgan fingerprint density at radius 3 is 2.44 bits per heavy atom. The van der Waals surface area contributed by atoms with Gasteiger partial charge in [-0.2, -0.15) is 11.8 Å². The fourth-order valence-electron chi connectivity index (χ4n) is 5.60. The lowest BCUT2D eigenvalue weighted by Gasteiger charge is -2.23. The smallest absolute Gasteiger partial charge is 0.311 e. The molecule has 1 amide bonds. The number of nitrogens with one attached hydrogen (secondary N) is 1. The zero-order valence-corrected chi connectivity index (χ0v) is 27.0. The third kappa shape index (κ3) is 11.6. The van der Waals surface area contributed by atoms with Crippen molar-refractivity contribution < 1.29 is 29.3 Å². The molecule has 1 fully saturated rings. The van der Waals surface area contributed by atoms with E-state index in [0.29, 0.717) is 65.7 Å². The van der Waals surface area contributed by atoms with Gasteiger partial charge >= 0.3 is 5.97 Å². The van der Waals surface area contributed by atoms with Crippen LogP contribution in [0.1, 0.15) is 73.7 Å². The Balaban J connectivity index is 1.10. The predicted molar refractivity (Wildman–Crippen MR) is 180 cm³/mol. The highest BCUT2D eigenvalue weighted by Gasteiger charge is 2.35. The van der Waals surface area contributed by atoms with Gasteiger partial charge < -0.3 is 20.3 Å². The molecular formula is C36H42ClNO6S. The summed E-state index contributed by atoms with van der Waals surface area (Å²) >= 11 is 7.78. The average Bonchev–Trinajstić information content (AvgIpc) is 3.38. The van der Waals surface area contributed by atoms with Crippen LogP contribution in [0.15, 0.2) is 78.9 Å². The third-order valence-corrected chi connectivity index (χ3v) is 10.1. The van der Waals surface area contributed by atoms with Crippen LogP contribution in [0.3, 0.4) is 0 Å². The molecule has 240 valence electrons. The van der Waals surface area contributed by atoms with E-state index in [0.717, 1.165) is 37.7 Å². The maximum absolute atomic E-state index is 12.6. The minimum atomic E-state index is -1.40. The normalized spacial score (nSPS) is 16.9. The zero-order chi connectivity index (χ0) is 32.0. The highest BCUT2D eigenvalue weighted by Crippen LogP contribution is 2.37. The highest BCUT2D eigenvalue weighted by molar-refractivity contribution is 7.99. The first kappa shape index (κ1) is 34.7. The van der Waals surface area contributed by atoms with Gasteiger partial charge in [0, 0.05) is 52.0 Å². The summed E-state index contributed by atoms with van der Waals surface area (Å²) in [7, 11) is 0. The summed E-state index contributed by atoms with van der Waals surface area (Å²) in [4.78, 5) is 37.2. The van der Waals surface area contributed by atoms with Gasteiger partial charge in [0.15, 0.2) is 6.29 Å². The largest absolute Gasteiger partial charge is 0.427 e. The standard InChI is InChI=1S/C36H42ClNO6S/c37-28-12-8-9-25(23-28)15-16-27(36(42)43)24-45-33-22-21-32(39)31(33)13-6-1-2-7-14-34(40)44-30-19-17-29(18-20-30)38-35(41)26-10-4-3-5-11-26/h3-5,8-12,17-20,23,27,31,33,36,42-43H,1-2,6-7,13-16,21-22,24H2,(H,38,41)/t27?,31-,33-/m0/s1. The number of anilines is 1. The van der Waals surface area contributed by atoms with E-state index in [-0.39, 0.29) is 29.0 Å². The van der Waals surface area contributed by atoms with Crippen molar-refractivity contribution in [3.8, 4) is 5.75 Å². The van der Waals surface area contributed by atoms with Crippen molar-refractivity contribution in [1.82, 2.24) is 0 Å². The molecule has 0 radical (unpaired) electrons. The van der Waals surface area contributed by atoms with Crippen molar-refractivity contribution in [3.05, 3.63) is 95.0 Å². The van der Waals surface area contributed by atoms with Crippen LogP contribution in [-0.2, 0) is 16.0 Å². The molecular weight excluding hydrogens is 610 g/mol. The highest BCUT2D eigenvalue weighted by atomic mass is 35.5. The molecule has 4 rings (SSSR count). The summed E-state index contributed by atoms with van der Waals surface area (Å²) in [6, 6.07) is 23.3. The van der Waals surface area contributed by atoms with Crippen LogP contribution in [0.5, 0.6) is 5.75 Å². The van der Waals surface area contributed by atoms with Crippen LogP contribution >= 0.6 is 23.4 Å². The Kier molecular flexibility index (Phi) is 14.0. The van der Waals surface area contributed by atoms with Crippen LogP contribution < -0.4 is 10.1 Å². The number of ether oxygens (including phenoxy) is 1. The van der Waals surface area contributed by atoms with Gasteiger partial charge in [-0.15, -0.1) is 0 Å². The lowest BCUT2D eigenvalue weighted by molar-refractivity contribution is -0.134. The quantitative estimate of drug-likeness (QED) is 0.0600. The maximum Gasteiger partial charge on any atom is 0.311 e. The van der Waals surface area contributed by atoms with E-state index in [1.807, 2.05) is 30.3 Å². The number of carbonyl (C=O) groups excluding carboxylic acids is 3. The van der Waals surface area contributed by atoms with Gasteiger partial charge in [-0.25, -0.2) is 0 Å². The number of thioether (sulfide) groups is 1. The lowest BCUT2D eigenvalue weighted by atomic mass is 9.98. The van der Waals surface area contributed by atoms with Gasteiger partial charge in [-0.3, -0.25) is 14.4 Å². The molecule has 1 saturated carbocycles. The second-order valence-electron chi connectivity index (χ2n) is 11.6. The van der Waals surface area contributed by atoms with Gasteiger partial charge in [0.05, 0.1) is 0 Å². The van der Waals surface area contributed by atoms with Crippen LogP contribution in [-0.4, -0.2) is 45.2 Å². The van der Waals surface area contributed by atoms with Crippen LogP contribution in [0, 0.1) is 11.8 Å². The molecule has 9 heteroatoms. The number of hydrogen-bond donors (Lipinski definition) is 3. The molecule has 0 saturated heterocycles. The van der Waals surface area contributed by atoms with E-state index in [2.05, 4.69) is 5.32 Å². The van der Waals surface area contributed by atoms with Gasteiger partial charge in [0.25, 0.3) is 5.91 Å². The topological polar surface area (TPSA) is 113 Å². The molecule has 1 aliphatic rings. The molecule has 0 aliphatic heterocycles. The fourth-order valence-corrected chi connectivity index (χ4v) is 7.45. The van der Waals surface area contributed by atoms with Crippen molar-refractivity contribution in [3.63, 3.8) is 0 Å². The molecule has 7 nitrogen and oxygen atoms in total. The number of ketones is 1. The summed E-state index contributed by atoms with van der Waals surface area (Å²) in [6.07, 6.45) is 5.95. The minimum absolute atomic E-state index is 0.00447. The van der Waals surface area contributed by atoms with Crippen LogP contribution in [0.25, 0.3) is 0 Å². The molecule has 0 aromatic heterocycles. The van der Waals surface area contributed by atoms with E-state index >= 15 is 0 Å². The predicted octanol–water partition coefficient (Wildman–Crippen LogP) is 7.48. The summed E-state index contributed by atoms with van der Waals surface area (Å²) < 4.78 is 5.44. The molecule has 45 heavy (non-hydrogen) atoms.